The molecule has 9 heteroatoms. The Morgan fingerprint density at radius 2 is 2.03 bits per heavy atom. The van der Waals surface area contributed by atoms with E-state index in [1.165, 1.54) is 17.8 Å². The number of sulfonamides is 1. The number of amides is 1. The summed E-state index contributed by atoms with van der Waals surface area (Å²) in [6, 6.07) is 8.29. The van der Waals surface area contributed by atoms with E-state index in [4.69, 9.17) is 11.6 Å². The standard InChI is InChI=1S/C20H24ClN3O3S2/c1-14-5-6-16(12-18(14)21)29(26,27)23-13-15-7-10-24(11-8-15)20(25)17-4-3-9-22-19(17)28-2/h3-6,9,12,15,23H,7-8,10-11,13H2,1-2H3. The summed E-state index contributed by atoms with van der Waals surface area (Å²) >= 11 is 7.51. The molecule has 0 saturated carbocycles. The van der Waals surface area contributed by atoms with Gasteiger partial charge in [-0.1, -0.05) is 17.7 Å². The molecular weight excluding hydrogens is 430 g/mol. The molecular formula is C20H24ClN3O3S2. The topological polar surface area (TPSA) is 79.4 Å². The SMILES string of the molecule is CSc1ncccc1C(=O)N1CCC(CNS(=O)(=O)c2ccc(C)c(Cl)c2)CC1. The zero-order valence-corrected chi connectivity index (χ0v) is 18.8. The number of hydrogen-bond donors (Lipinski definition) is 1. The second kappa shape index (κ2) is 9.47. The molecule has 29 heavy (non-hydrogen) atoms. The number of thioether (sulfide) groups is 1. The van der Waals surface area contributed by atoms with Crippen molar-refractivity contribution in [3.63, 3.8) is 0 Å². The Labute approximate surface area is 181 Å². The number of likely N-dealkylation sites (tertiary alicyclic amines) is 1. The number of benzene rings is 1. The number of nitrogens with zero attached hydrogens (tertiary/aromatic N) is 2. The average molecular weight is 454 g/mol. The summed E-state index contributed by atoms with van der Waals surface area (Å²) in [4.78, 5) is 19.0. The lowest BCUT2D eigenvalue weighted by molar-refractivity contribution is 0.0687. The number of piperidine rings is 1. The van der Waals surface area contributed by atoms with E-state index in [9.17, 15) is 13.2 Å². The molecule has 1 aliphatic rings. The molecule has 0 spiro atoms. The number of hydrogen-bond acceptors (Lipinski definition) is 5. The van der Waals surface area contributed by atoms with E-state index in [1.54, 1.807) is 30.5 Å². The minimum atomic E-state index is -3.61. The van der Waals surface area contributed by atoms with Gasteiger partial charge in [0.05, 0.1) is 10.5 Å². The molecule has 0 aliphatic carbocycles. The zero-order valence-electron chi connectivity index (χ0n) is 16.4. The van der Waals surface area contributed by atoms with Crippen LogP contribution in [0.3, 0.4) is 0 Å². The third-order valence-electron chi connectivity index (χ3n) is 5.11. The van der Waals surface area contributed by atoms with Crippen molar-refractivity contribution >= 4 is 39.3 Å². The average Bonchev–Trinajstić information content (AvgIpc) is 2.74. The van der Waals surface area contributed by atoms with Gasteiger partial charge in [-0.3, -0.25) is 4.79 Å². The number of aryl methyl sites for hydroxylation is 1. The van der Waals surface area contributed by atoms with E-state index in [0.717, 1.165) is 23.4 Å². The fourth-order valence-corrected chi connectivity index (χ4v) is 5.21. The molecule has 1 saturated heterocycles. The Bertz CT molecular complexity index is 990. The van der Waals surface area contributed by atoms with Gasteiger partial charge in [-0.2, -0.15) is 0 Å². The molecule has 0 atom stereocenters. The summed E-state index contributed by atoms with van der Waals surface area (Å²) in [6.07, 6.45) is 5.08. The number of carbonyl (C=O) groups is 1. The van der Waals surface area contributed by atoms with Crippen molar-refractivity contribution < 1.29 is 13.2 Å². The minimum absolute atomic E-state index is 0.0178. The lowest BCUT2D eigenvalue weighted by atomic mass is 9.97. The highest BCUT2D eigenvalue weighted by Gasteiger charge is 2.26. The molecule has 0 unspecified atom stereocenters. The number of halogens is 1. The first-order chi connectivity index (χ1) is 13.8. The van der Waals surface area contributed by atoms with Crippen molar-refractivity contribution in [2.75, 3.05) is 25.9 Å². The Kier molecular flexibility index (Phi) is 7.21. The van der Waals surface area contributed by atoms with E-state index >= 15 is 0 Å². The number of aromatic nitrogens is 1. The first-order valence-electron chi connectivity index (χ1n) is 9.36. The zero-order chi connectivity index (χ0) is 21.0. The quantitative estimate of drug-likeness (QED) is 0.676. The first kappa shape index (κ1) is 22.1. The van der Waals surface area contributed by atoms with E-state index in [2.05, 4.69) is 9.71 Å². The van der Waals surface area contributed by atoms with Gasteiger partial charge in [0.2, 0.25) is 10.0 Å². The Morgan fingerprint density at radius 1 is 1.31 bits per heavy atom. The van der Waals surface area contributed by atoms with Crippen LogP contribution >= 0.6 is 23.4 Å². The second-order valence-corrected chi connectivity index (χ2v) is 10.0. The van der Waals surface area contributed by atoms with Crippen LogP contribution in [0.1, 0.15) is 28.8 Å². The van der Waals surface area contributed by atoms with E-state index < -0.39 is 10.0 Å². The third kappa shape index (κ3) is 5.31. The van der Waals surface area contributed by atoms with Gasteiger partial charge in [0.1, 0.15) is 5.03 Å². The van der Waals surface area contributed by atoms with Crippen LogP contribution < -0.4 is 4.72 Å². The van der Waals surface area contributed by atoms with Gasteiger partial charge in [0, 0.05) is 30.9 Å². The van der Waals surface area contributed by atoms with Gasteiger partial charge in [-0.05, 0) is 61.8 Å². The van der Waals surface area contributed by atoms with Crippen molar-refractivity contribution in [3.8, 4) is 0 Å². The number of carbonyl (C=O) groups excluding carboxylic acids is 1. The summed E-state index contributed by atoms with van der Waals surface area (Å²) < 4.78 is 27.7. The highest BCUT2D eigenvalue weighted by atomic mass is 35.5. The van der Waals surface area contributed by atoms with Gasteiger partial charge in [0.15, 0.2) is 0 Å². The van der Waals surface area contributed by atoms with E-state index in [0.29, 0.717) is 30.2 Å². The normalized spacial score (nSPS) is 15.5. The van der Waals surface area contributed by atoms with Crippen LogP contribution in [0.15, 0.2) is 46.5 Å². The maximum absolute atomic E-state index is 12.8. The van der Waals surface area contributed by atoms with Gasteiger partial charge >= 0.3 is 0 Å². The molecule has 1 fully saturated rings. The summed E-state index contributed by atoms with van der Waals surface area (Å²) in [5, 5.41) is 1.16. The van der Waals surface area contributed by atoms with Crippen molar-refractivity contribution in [2.24, 2.45) is 5.92 Å². The lowest BCUT2D eigenvalue weighted by Crippen LogP contribution is -2.41. The number of nitrogens with one attached hydrogen (secondary N) is 1. The van der Waals surface area contributed by atoms with Gasteiger partial charge in [-0.25, -0.2) is 18.1 Å². The third-order valence-corrected chi connectivity index (χ3v) is 7.65. The lowest BCUT2D eigenvalue weighted by Gasteiger charge is -2.32. The molecule has 2 heterocycles. The molecule has 1 N–H and O–H groups in total. The Morgan fingerprint density at radius 3 is 2.69 bits per heavy atom. The largest absolute Gasteiger partial charge is 0.339 e. The molecule has 1 aromatic heterocycles. The second-order valence-electron chi connectivity index (χ2n) is 7.06. The maximum Gasteiger partial charge on any atom is 0.256 e. The van der Waals surface area contributed by atoms with Gasteiger partial charge in [0.25, 0.3) is 5.91 Å². The molecule has 156 valence electrons. The fourth-order valence-electron chi connectivity index (χ4n) is 3.28. The molecule has 2 aromatic rings. The van der Waals surface area contributed by atoms with Crippen LogP contribution in [0.5, 0.6) is 0 Å². The predicted molar refractivity (Wildman–Crippen MR) is 116 cm³/mol. The summed E-state index contributed by atoms with van der Waals surface area (Å²) in [5.74, 6) is 0.166. The minimum Gasteiger partial charge on any atom is -0.339 e. The highest BCUT2D eigenvalue weighted by Crippen LogP contribution is 2.24. The van der Waals surface area contributed by atoms with E-state index in [1.807, 2.05) is 18.1 Å². The maximum atomic E-state index is 12.8. The molecule has 1 amide bonds. The van der Waals surface area contributed by atoms with Crippen LogP contribution in [-0.4, -0.2) is 50.1 Å². The van der Waals surface area contributed by atoms with Crippen LogP contribution in [0.2, 0.25) is 5.02 Å². The highest BCUT2D eigenvalue weighted by molar-refractivity contribution is 7.98. The molecule has 1 aliphatic heterocycles. The molecule has 3 rings (SSSR count). The first-order valence-corrected chi connectivity index (χ1v) is 12.4. The summed E-state index contributed by atoms with van der Waals surface area (Å²) in [7, 11) is -3.61. The van der Waals surface area contributed by atoms with Crippen molar-refractivity contribution in [2.45, 2.75) is 29.7 Å². The number of rotatable bonds is 6. The molecule has 0 bridgehead atoms. The van der Waals surface area contributed by atoms with E-state index in [-0.39, 0.29) is 16.7 Å². The fraction of sp³-hybridized carbons (Fsp3) is 0.400. The Balaban J connectivity index is 1.56. The summed E-state index contributed by atoms with van der Waals surface area (Å²) in [5.41, 5.74) is 1.45. The van der Waals surface area contributed by atoms with Crippen molar-refractivity contribution in [1.82, 2.24) is 14.6 Å². The Hall–Kier alpha value is -1.61. The monoisotopic (exact) mass is 453 g/mol. The van der Waals surface area contributed by atoms with Crippen LogP contribution in [0.25, 0.3) is 0 Å². The molecule has 0 radical (unpaired) electrons. The van der Waals surface area contributed by atoms with Crippen LogP contribution in [0.4, 0.5) is 0 Å². The molecule has 6 nitrogen and oxygen atoms in total. The van der Waals surface area contributed by atoms with Gasteiger partial charge in [-0.15, -0.1) is 11.8 Å². The molecule has 1 aromatic carbocycles. The van der Waals surface area contributed by atoms with Crippen molar-refractivity contribution in [1.29, 1.82) is 0 Å². The van der Waals surface area contributed by atoms with Crippen LogP contribution in [-0.2, 0) is 10.0 Å². The summed E-state index contributed by atoms with van der Waals surface area (Å²) in [6.45, 7) is 3.38. The predicted octanol–water partition coefficient (Wildman–Crippen LogP) is 3.60. The van der Waals surface area contributed by atoms with Crippen molar-refractivity contribution in [3.05, 3.63) is 52.7 Å². The van der Waals surface area contributed by atoms with Gasteiger partial charge < -0.3 is 4.90 Å². The smallest absolute Gasteiger partial charge is 0.256 e. The number of pyridine rings is 1. The van der Waals surface area contributed by atoms with Crippen LogP contribution in [0, 0.1) is 12.8 Å².